The molecular weight excluding hydrogens is 320 g/mol. The Morgan fingerprint density at radius 2 is 2.09 bits per heavy atom. The van der Waals surface area contributed by atoms with Gasteiger partial charge >= 0.3 is 0 Å². The number of nitriles is 1. The van der Waals surface area contributed by atoms with Gasteiger partial charge in [-0.3, -0.25) is 9.69 Å². The summed E-state index contributed by atoms with van der Waals surface area (Å²) in [5.41, 5.74) is 1.56. The van der Waals surface area contributed by atoms with Crippen LogP contribution in [0.1, 0.15) is 10.4 Å². The minimum Gasteiger partial charge on any atom is -0.366 e. The second kappa shape index (κ2) is 6.53. The number of aromatic amines is 1. The average molecular weight is 335 g/mol. The van der Waals surface area contributed by atoms with Crippen molar-refractivity contribution >= 4 is 28.8 Å². The highest BCUT2D eigenvalue weighted by Gasteiger charge is 2.24. The van der Waals surface area contributed by atoms with Gasteiger partial charge in [0.15, 0.2) is 0 Å². The number of aromatic nitrogens is 1. The van der Waals surface area contributed by atoms with Crippen molar-refractivity contribution in [1.29, 1.82) is 5.26 Å². The van der Waals surface area contributed by atoms with E-state index in [9.17, 15) is 4.79 Å². The fraction of sp³-hybridized carbons (Fsp3) is 0.333. The van der Waals surface area contributed by atoms with Crippen LogP contribution in [-0.2, 0) is 0 Å². The van der Waals surface area contributed by atoms with Crippen LogP contribution in [-0.4, -0.2) is 53.4 Å². The summed E-state index contributed by atoms with van der Waals surface area (Å²) in [5, 5.41) is 8.72. The number of hydrogen-bond acceptors (Lipinski definition) is 4. The van der Waals surface area contributed by atoms with Crippen LogP contribution in [0.5, 0.6) is 0 Å². The lowest BCUT2D eigenvalue weighted by Crippen LogP contribution is -2.48. The number of rotatable bonds is 3. The molecule has 0 aromatic carbocycles. The zero-order valence-corrected chi connectivity index (χ0v) is 13.5. The van der Waals surface area contributed by atoms with Crippen LogP contribution in [0.4, 0.5) is 0 Å². The molecule has 3 heterocycles. The predicted molar refractivity (Wildman–Crippen MR) is 87.1 cm³/mol. The first-order valence-electron chi connectivity index (χ1n) is 7.00. The Balaban J connectivity index is 1.74. The van der Waals surface area contributed by atoms with Crippen molar-refractivity contribution < 1.29 is 4.79 Å². The molecule has 2 aromatic rings. The van der Waals surface area contributed by atoms with Gasteiger partial charge in [-0.05, 0) is 12.1 Å². The Kier molecular flexibility index (Phi) is 4.48. The van der Waals surface area contributed by atoms with Crippen molar-refractivity contribution in [3.8, 4) is 16.5 Å². The van der Waals surface area contributed by atoms with Gasteiger partial charge in [0.05, 0.1) is 22.5 Å². The lowest BCUT2D eigenvalue weighted by Gasteiger charge is -2.33. The number of amides is 1. The van der Waals surface area contributed by atoms with Crippen LogP contribution in [0, 0.1) is 11.3 Å². The molecule has 1 fully saturated rings. The van der Waals surface area contributed by atoms with Crippen LogP contribution >= 0.6 is 22.9 Å². The van der Waals surface area contributed by atoms with E-state index in [-0.39, 0.29) is 5.91 Å². The topological polar surface area (TPSA) is 63.1 Å². The van der Waals surface area contributed by atoms with E-state index in [1.165, 1.54) is 11.3 Å². The summed E-state index contributed by atoms with van der Waals surface area (Å²) in [6.45, 7) is 3.20. The van der Waals surface area contributed by atoms with Gasteiger partial charge in [-0.15, -0.1) is 11.3 Å². The molecule has 2 aromatic heterocycles. The number of nitrogens with zero attached hydrogens (tertiary/aromatic N) is 3. The van der Waals surface area contributed by atoms with Crippen molar-refractivity contribution in [2.75, 3.05) is 32.7 Å². The first-order valence-corrected chi connectivity index (χ1v) is 8.19. The number of hydrogen-bond donors (Lipinski definition) is 1. The van der Waals surface area contributed by atoms with E-state index in [1.807, 2.05) is 23.2 Å². The Hall–Kier alpha value is -1.81. The molecule has 3 rings (SSSR count). The van der Waals surface area contributed by atoms with Crippen molar-refractivity contribution in [3.63, 3.8) is 0 Å². The second-order valence-corrected chi connectivity index (χ2v) is 6.83. The molecule has 22 heavy (non-hydrogen) atoms. The first-order chi connectivity index (χ1) is 10.7. The van der Waals surface area contributed by atoms with Crippen LogP contribution in [0.2, 0.25) is 4.34 Å². The molecular formula is C15H15ClN4OS. The molecule has 5 nitrogen and oxygen atoms in total. The zero-order chi connectivity index (χ0) is 15.5. The third kappa shape index (κ3) is 3.02. The molecule has 1 aliphatic heterocycles. The Morgan fingerprint density at radius 1 is 1.32 bits per heavy atom. The molecule has 7 heteroatoms. The van der Waals surface area contributed by atoms with E-state index >= 15 is 0 Å². The van der Waals surface area contributed by atoms with Gasteiger partial charge < -0.3 is 9.88 Å². The minimum absolute atomic E-state index is 0.0254. The number of piperazine rings is 1. The minimum atomic E-state index is 0.0254. The standard InChI is InChI=1S/C15H15ClN4OS/c16-14-2-1-13(22-14)11-9-18-10-12(11)15(21)20-7-5-19(4-3-17)6-8-20/h1-2,9-10,18H,4-8H2. The van der Waals surface area contributed by atoms with Gasteiger partial charge in [0.2, 0.25) is 0 Å². The van der Waals surface area contributed by atoms with Gasteiger partial charge in [-0.1, -0.05) is 11.6 Å². The summed E-state index contributed by atoms with van der Waals surface area (Å²) in [6.07, 6.45) is 3.58. The number of carbonyl (C=O) groups excluding carboxylic acids is 1. The summed E-state index contributed by atoms with van der Waals surface area (Å²) in [5.74, 6) is 0.0254. The third-order valence-corrected chi connectivity index (χ3v) is 5.03. The zero-order valence-electron chi connectivity index (χ0n) is 11.9. The first kappa shape index (κ1) is 15.1. The molecule has 0 saturated carbocycles. The number of carbonyl (C=O) groups is 1. The summed E-state index contributed by atoms with van der Waals surface area (Å²) in [4.78, 5) is 20.6. The molecule has 1 aliphatic rings. The Labute approximate surface area is 137 Å². The van der Waals surface area contributed by atoms with Crippen LogP contribution in [0.3, 0.4) is 0 Å². The molecule has 1 N–H and O–H groups in total. The summed E-state index contributed by atoms with van der Waals surface area (Å²) in [7, 11) is 0. The highest BCUT2D eigenvalue weighted by Crippen LogP contribution is 2.33. The van der Waals surface area contributed by atoms with Gasteiger partial charge in [0, 0.05) is 49.0 Å². The lowest BCUT2D eigenvalue weighted by atomic mass is 10.1. The maximum Gasteiger partial charge on any atom is 0.256 e. The lowest BCUT2D eigenvalue weighted by molar-refractivity contribution is 0.0653. The van der Waals surface area contributed by atoms with Crippen molar-refractivity contribution in [2.24, 2.45) is 0 Å². The second-order valence-electron chi connectivity index (χ2n) is 5.11. The van der Waals surface area contributed by atoms with Crippen LogP contribution in [0.25, 0.3) is 10.4 Å². The highest BCUT2D eigenvalue weighted by atomic mass is 35.5. The fourth-order valence-electron chi connectivity index (χ4n) is 2.58. The molecule has 0 unspecified atom stereocenters. The van der Waals surface area contributed by atoms with Crippen molar-refractivity contribution in [1.82, 2.24) is 14.8 Å². The number of halogens is 1. The molecule has 0 bridgehead atoms. The third-order valence-electron chi connectivity index (χ3n) is 3.77. The molecule has 0 spiro atoms. The van der Waals surface area contributed by atoms with E-state index in [0.29, 0.717) is 29.5 Å². The van der Waals surface area contributed by atoms with E-state index in [4.69, 9.17) is 16.9 Å². The quantitative estimate of drug-likeness (QED) is 0.878. The summed E-state index contributed by atoms with van der Waals surface area (Å²) in [6, 6.07) is 5.91. The van der Waals surface area contributed by atoms with Gasteiger partial charge in [0.1, 0.15) is 0 Å². The number of H-pyrrole nitrogens is 1. The largest absolute Gasteiger partial charge is 0.366 e. The smallest absolute Gasteiger partial charge is 0.256 e. The fourth-order valence-corrected chi connectivity index (χ4v) is 3.66. The molecule has 114 valence electrons. The maximum absolute atomic E-state index is 12.7. The van der Waals surface area contributed by atoms with Crippen LogP contribution in [0.15, 0.2) is 24.5 Å². The maximum atomic E-state index is 12.7. The number of nitrogens with one attached hydrogen (secondary N) is 1. The molecule has 1 amide bonds. The van der Waals surface area contributed by atoms with E-state index in [0.717, 1.165) is 23.5 Å². The van der Waals surface area contributed by atoms with Crippen LogP contribution < -0.4 is 0 Å². The SMILES string of the molecule is N#CCN1CCN(C(=O)c2c[nH]cc2-c2ccc(Cl)s2)CC1. The van der Waals surface area contributed by atoms with E-state index in [1.54, 1.807) is 6.20 Å². The molecule has 0 atom stereocenters. The Bertz CT molecular complexity index is 709. The Morgan fingerprint density at radius 3 is 2.73 bits per heavy atom. The monoisotopic (exact) mass is 334 g/mol. The van der Waals surface area contributed by atoms with E-state index in [2.05, 4.69) is 16.0 Å². The molecule has 0 aliphatic carbocycles. The number of thiophene rings is 1. The summed E-state index contributed by atoms with van der Waals surface area (Å²) < 4.78 is 0.708. The van der Waals surface area contributed by atoms with E-state index < -0.39 is 0 Å². The van der Waals surface area contributed by atoms with Crippen molar-refractivity contribution in [2.45, 2.75) is 0 Å². The molecule has 1 saturated heterocycles. The molecule has 0 radical (unpaired) electrons. The highest BCUT2D eigenvalue weighted by molar-refractivity contribution is 7.19. The average Bonchev–Trinajstić information content (AvgIpc) is 3.16. The van der Waals surface area contributed by atoms with Gasteiger partial charge in [-0.2, -0.15) is 5.26 Å². The summed E-state index contributed by atoms with van der Waals surface area (Å²) >= 11 is 7.45. The van der Waals surface area contributed by atoms with Gasteiger partial charge in [-0.25, -0.2) is 0 Å². The normalized spacial score (nSPS) is 15.7. The van der Waals surface area contributed by atoms with Crippen molar-refractivity contribution in [3.05, 3.63) is 34.4 Å². The predicted octanol–water partition coefficient (Wildman–Crippen LogP) is 2.68. The van der Waals surface area contributed by atoms with Gasteiger partial charge in [0.25, 0.3) is 5.91 Å².